The molecular weight excluding hydrogens is 415 g/mol. The summed E-state index contributed by atoms with van der Waals surface area (Å²) in [6.45, 7) is 0. The Labute approximate surface area is 162 Å². The van der Waals surface area contributed by atoms with Gasteiger partial charge in [-0.05, 0) is 35.7 Å². The first-order valence-corrected chi connectivity index (χ1v) is 10.4. The van der Waals surface area contributed by atoms with Crippen LogP contribution in [0.25, 0.3) is 5.65 Å². The van der Waals surface area contributed by atoms with Gasteiger partial charge in [0.1, 0.15) is 20.2 Å². The molecule has 0 amide bonds. The smallest absolute Gasteiger partial charge is 0.215 e. The van der Waals surface area contributed by atoms with Crippen LogP contribution in [0, 0.1) is 0 Å². The number of sulfone groups is 1. The third-order valence-corrected chi connectivity index (χ3v) is 7.22. The number of nitrogens with zero attached hydrogens (tertiary/aromatic N) is 3. The van der Waals surface area contributed by atoms with Crippen molar-refractivity contribution in [3.63, 3.8) is 0 Å². The molecular formula is C16H10Cl2N4O2S2. The molecule has 0 saturated carbocycles. The quantitative estimate of drug-likeness (QED) is 0.481. The van der Waals surface area contributed by atoms with Gasteiger partial charge in [0.15, 0.2) is 5.65 Å². The summed E-state index contributed by atoms with van der Waals surface area (Å²) in [6.07, 6.45) is 1.47. The lowest BCUT2D eigenvalue weighted by Crippen LogP contribution is -2.02. The highest BCUT2D eigenvalue weighted by molar-refractivity contribution is 7.93. The van der Waals surface area contributed by atoms with Crippen LogP contribution in [0.5, 0.6) is 0 Å². The van der Waals surface area contributed by atoms with Gasteiger partial charge in [0.25, 0.3) is 0 Å². The van der Waals surface area contributed by atoms with Gasteiger partial charge in [-0.1, -0.05) is 29.3 Å². The first kappa shape index (κ1) is 17.3. The maximum atomic E-state index is 12.5. The van der Waals surface area contributed by atoms with Crippen molar-refractivity contribution in [1.82, 2.24) is 14.6 Å². The van der Waals surface area contributed by atoms with Gasteiger partial charge in [-0.3, -0.25) is 0 Å². The molecule has 10 heteroatoms. The van der Waals surface area contributed by atoms with Gasteiger partial charge in [-0.15, -0.1) is 11.3 Å². The molecule has 0 radical (unpaired) electrons. The highest BCUT2D eigenvalue weighted by atomic mass is 35.5. The zero-order valence-corrected chi connectivity index (χ0v) is 16.1. The van der Waals surface area contributed by atoms with Gasteiger partial charge >= 0.3 is 0 Å². The van der Waals surface area contributed by atoms with Crippen LogP contribution in [0.1, 0.15) is 0 Å². The third-order valence-electron chi connectivity index (χ3n) is 3.59. The molecule has 6 nitrogen and oxygen atoms in total. The van der Waals surface area contributed by atoms with E-state index in [1.54, 1.807) is 47.8 Å². The lowest BCUT2D eigenvalue weighted by Gasteiger charge is -2.10. The van der Waals surface area contributed by atoms with Gasteiger partial charge in [-0.25, -0.2) is 13.4 Å². The van der Waals surface area contributed by atoms with Crippen molar-refractivity contribution in [3.05, 3.63) is 64.2 Å². The zero-order valence-electron chi connectivity index (χ0n) is 12.9. The number of hydrogen-bond acceptors (Lipinski definition) is 6. The van der Waals surface area contributed by atoms with Crippen LogP contribution in [0.15, 0.2) is 63.1 Å². The molecule has 4 aromatic rings. The van der Waals surface area contributed by atoms with E-state index in [2.05, 4.69) is 15.4 Å². The van der Waals surface area contributed by atoms with Crippen LogP contribution >= 0.6 is 34.5 Å². The number of benzene rings is 1. The standard InChI is InChI=1S/C16H10Cl2N4O2S2/c17-12-9-19-22-14(8-13(18)21-16(12)22)20-10-3-5-11(6-4-10)26(23,24)15-2-1-7-25-15/h1-9,20H. The molecule has 132 valence electrons. The normalized spacial score (nSPS) is 11.8. The van der Waals surface area contributed by atoms with Gasteiger partial charge in [0, 0.05) is 11.8 Å². The van der Waals surface area contributed by atoms with Crippen molar-refractivity contribution in [1.29, 1.82) is 0 Å². The Morgan fingerprint density at radius 2 is 1.88 bits per heavy atom. The van der Waals surface area contributed by atoms with Crippen molar-refractivity contribution >= 4 is 61.5 Å². The van der Waals surface area contributed by atoms with Crippen molar-refractivity contribution in [3.8, 4) is 0 Å². The molecule has 0 aliphatic rings. The van der Waals surface area contributed by atoms with Crippen molar-refractivity contribution < 1.29 is 8.42 Å². The Kier molecular flexibility index (Phi) is 4.36. The van der Waals surface area contributed by atoms with E-state index < -0.39 is 9.84 Å². The van der Waals surface area contributed by atoms with Crippen molar-refractivity contribution in [2.45, 2.75) is 9.10 Å². The molecule has 0 spiro atoms. The molecule has 0 aliphatic heterocycles. The average molecular weight is 425 g/mol. The lowest BCUT2D eigenvalue weighted by molar-refractivity contribution is 0.598. The molecule has 4 rings (SSSR count). The second kappa shape index (κ2) is 6.55. The molecule has 0 atom stereocenters. The molecule has 0 saturated heterocycles. The summed E-state index contributed by atoms with van der Waals surface area (Å²) in [5.74, 6) is 0.556. The second-order valence-electron chi connectivity index (χ2n) is 5.28. The van der Waals surface area contributed by atoms with E-state index >= 15 is 0 Å². The van der Waals surface area contributed by atoms with Gasteiger partial charge in [-0.2, -0.15) is 9.61 Å². The fourth-order valence-corrected chi connectivity index (χ4v) is 5.14. The minimum absolute atomic E-state index is 0.227. The molecule has 0 aliphatic carbocycles. The van der Waals surface area contributed by atoms with Crippen LogP contribution in [0.3, 0.4) is 0 Å². The van der Waals surface area contributed by atoms with Crippen LogP contribution in [-0.4, -0.2) is 23.0 Å². The summed E-state index contributed by atoms with van der Waals surface area (Å²) in [5, 5.41) is 9.67. The maximum absolute atomic E-state index is 12.5. The minimum atomic E-state index is -3.50. The number of anilines is 2. The number of thiophene rings is 1. The first-order chi connectivity index (χ1) is 12.4. The summed E-state index contributed by atoms with van der Waals surface area (Å²) < 4.78 is 26.9. The number of rotatable bonds is 4. The van der Waals surface area contributed by atoms with Crippen LogP contribution in [0.2, 0.25) is 10.2 Å². The highest BCUT2D eigenvalue weighted by Gasteiger charge is 2.18. The highest BCUT2D eigenvalue weighted by Crippen LogP contribution is 2.28. The van der Waals surface area contributed by atoms with E-state index in [1.165, 1.54) is 22.0 Å². The van der Waals surface area contributed by atoms with Gasteiger partial charge in [0.05, 0.1) is 11.1 Å². The third kappa shape index (κ3) is 3.05. The summed E-state index contributed by atoms with van der Waals surface area (Å²) in [7, 11) is -3.50. The van der Waals surface area contributed by atoms with Gasteiger partial charge < -0.3 is 5.32 Å². The van der Waals surface area contributed by atoms with Crippen LogP contribution in [0.4, 0.5) is 11.5 Å². The summed E-state index contributed by atoms with van der Waals surface area (Å²) in [6, 6.07) is 11.3. The summed E-state index contributed by atoms with van der Waals surface area (Å²) in [5.41, 5.74) is 1.10. The Bertz CT molecular complexity index is 1190. The molecule has 1 N–H and O–H groups in total. The predicted molar refractivity (Wildman–Crippen MR) is 103 cm³/mol. The monoisotopic (exact) mass is 424 g/mol. The minimum Gasteiger partial charge on any atom is -0.340 e. The van der Waals surface area contributed by atoms with Crippen molar-refractivity contribution in [2.24, 2.45) is 0 Å². The lowest BCUT2D eigenvalue weighted by atomic mass is 10.3. The van der Waals surface area contributed by atoms with E-state index in [0.29, 0.717) is 26.4 Å². The SMILES string of the molecule is O=S(=O)(c1ccc(Nc2cc(Cl)nc3c(Cl)cnn23)cc1)c1cccs1. The largest absolute Gasteiger partial charge is 0.340 e. The molecule has 26 heavy (non-hydrogen) atoms. The predicted octanol–water partition coefficient (Wildman–Crippen LogP) is 4.67. The zero-order chi connectivity index (χ0) is 18.3. The van der Waals surface area contributed by atoms with Crippen LogP contribution in [-0.2, 0) is 9.84 Å². The molecule has 0 bridgehead atoms. The van der Waals surface area contributed by atoms with E-state index in [-0.39, 0.29) is 10.0 Å². The number of halogens is 2. The Balaban J connectivity index is 1.67. The molecule has 3 aromatic heterocycles. The number of nitrogens with one attached hydrogen (secondary N) is 1. The van der Waals surface area contributed by atoms with E-state index in [4.69, 9.17) is 23.2 Å². The number of hydrogen-bond donors (Lipinski definition) is 1. The Morgan fingerprint density at radius 3 is 2.58 bits per heavy atom. The van der Waals surface area contributed by atoms with Crippen molar-refractivity contribution in [2.75, 3.05) is 5.32 Å². The average Bonchev–Trinajstić information content (AvgIpc) is 3.27. The van der Waals surface area contributed by atoms with E-state index in [9.17, 15) is 8.42 Å². The molecule has 0 unspecified atom stereocenters. The fraction of sp³-hybridized carbons (Fsp3) is 0. The second-order valence-corrected chi connectivity index (χ2v) is 9.20. The summed E-state index contributed by atoms with van der Waals surface area (Å²) in [4.78, 5) is 4.36. The van der Waals surface area contributed by atoms with E-state index in [0.717, 1.165) is 0 Å². The number of aromatic nitrogens is 3. The molecule has 3 heterocycles. The van der Waals surface area contributed by atoms with Crippen LogP contribution < -0.4 is 5.32 Å². The van der Waals surface area contributed by atoms with Gasteiger partial charge in [0.2, 0.25) is 9.84 Å². The number of fused-ring (bicyclic) bond motifs is 1. The van der Waals surface area contributed by atoms with E-state index in [1.807, 2.05) is 0 Å². The Morgan fingerprint density at radius 1 is 1.12 bits per heavy atom. The maximum Gasteiger partial charge on any atom is 0.215 e. The molecule has 1 aromatic carbocycles. The molecule has 0 fully saturated rings. The summed E-state index contributed by atoms with van der Waals surface area (Å²) >= 11 is 13.3. The Hall–Kier alpha value is -2.13. The first-order valence-electron chi connectivity index (χ1n) is 7.30. The topological polar surface area (TPSA) is 76.4 Å². The fourth-order valence-electron chi connectivity index (χ4n) is 2.39.